The first kappa shape index (κ1) is 13.1. The fourth-order valence-corrected chi connectivity index (χ4v) is 1.70. The molecule has 0 atom stereocenters. The standard InChI is InChI=1S/C13H16N4O2/c1-17(2)10-5-3-4-9(8-10)14-13(19)11-6-7-12(18)16-15-11/h3-5,8H,6-7H2,1-2H3,(H,14,19)(H,16,18). The zero-order valence-electron chi connectivity index (χ0n) is 10.9. The van der Waals surface area contributed by atoms with Crippen molar-refractivity contribution in [1.29, 1.82) is 0 Å². The van der Waals surface area contributed by atoms with Gasteiger partial charge in [-0.05, 0) is 18.2 Å². The molecule has 0 unspecified atom stereocenters. The summed E-state index contributed by atoms with van der Waals surface area (Å²) < 4.78 is 0. The van der Waals surface area contributed by atoms with Crippen LogP contribution in [0.1, 0.15) is 12.8 Å². The number of amides is 2. The Hall–Kier alpha value is -2.37. The van der Waals surface area contributed by atoms with Crippen molar-refractivity contribution in [1.82, 2.24) is 5.43 Å². The van der Waals surface area contributed by atoms with Crippen molar-refractivity contribution in [3.05, 3.63) is 24.3 Å². The van der Waals surface area contributed by atoms with Gasteiger partial charge in [-0.25, -0.2) is 5.43 Å². The van der Waals surface area contributed by atoms with Crippen LogP contribution in [-0.4, -0.2) is 31.6 Å². The number of hydrogen-bond donors (Lipinski definition) is 2. The summed E-state index contributed by atoms with van der Waals surface area (Å²) >= 11 is 0. The Morgan fingerprint density at radius 1 is 1.37 bits per heavy atom. The number of carbonyl (C=O) groups is 2. The third-order valence-electron chi connectivity index (χ3n) is 2.79. The first-order valence-electron chi connectivity index (χ1n) is 6.00. The third-order valence-corrected chi connectivity index (χ3v) is 2.79. The van der Waals surface area contributed by atoms with E-state index in [2.05, 4.69) is 15.8 Å². The first-order valence-corrected chi connectivity index (χ1v) is 6.00. The second-order valence-electron chi connectivity index (χ2n) is 4.49. The zero-order valence-corrected chi connectivity index (χ0v) is 10.9. The van der Waals surface area contributed by atoms with Gasteiger partial charge in [-0.15, -0.1) is 0 Å². The van der Waals surface area contributed by atoms with Crippen molar-refractivity contribution in [3.8, 4) is 0 Å². The lowest BCUT2D eigenvalue weighted by molar-refractivity contribution is -0.121. The Labute approximate surface area is 111 Å². The summed E-state index contributed by atoms with van der Waals surface area (Å²) in [5.74, 6) is -0.443. The van der Waals surface area contributed by atoms with Crippen LogP contribution in [0.4, 0.5) is 11.4 Å². The maximum atomic E-state index is 11.9. The molecular formula is C13H16N4O2. The van der Waals surface area contributed by atoms with Gasteiger partial charge in [0.2, 0.25) is 5.91 Å². The van der Waals surface area contributed by atoms with Gasteiger partial charge < -0.3 is 10.2 Å². The molecule has 100 valence electrons. The van der Waals surface area contributed by atoms with Crippen LogP contribution in [0.3, 0.4) is 0 Å². The van der Waals surface area contributed by atoms with Crippen LogP contribution >= 0.6 is 0 Å². The van der Waals surface area contributed by atoms with E-state index in [1.165, 1.54) is 0 Å². The van der Waals surface area contributed by atoms with Crippen LogP contribution in [0.5, 0.6) is 0 Å². The molecule has 0 spiro atoms. The van der Waals surface area contributed by atoms with Crippen LogP contribution in [0.15, 0.2) is 29.4 Å². The molecule has 0 saturated heterocycles. The van der Waals surface area contributed by atoms with Crippen LogP contribution in [0.2, 0.25) is 0 Å². The van der Waals surface area contributed by atoms with Gasteiger partial charge in [0.1, 0.15) is 5.71 Å². The summed E-state index contributed by atoms with van der Waals surface area (Å²) in [5.41, 5.74) is 4.35. The maximum Gasteiger partial charge on any atom is 0.271 e. The molecule has 6 heteroatoms. The molecule has 0 fully saturated rings. The number of anilines is 2. The van der Waals surface area contributed by atoms with Crippen molar-refractivity contribution in [2.75, 3.05) is 24.3 Å². The van der Waals surface area contributed by atoms with Gasteiger partial charge in [0.15, 0.2) is 0 Å². The average Bonchev–Trinajstić information content (AvgIpc) is 2.39. The SMILES string of the molecule is CN(C)c1cccc(NC(=O)C2=NNC(=O)CC2)c1. The summed E-state index contributed by atoms with van der Waals surface area (Å²) in [5, 5.41) is 6.53. The molecule has 1 heterocycles. The number of nitrogens with one attached hydrogen (secondary N) is 2. The van der Waals surface area contributed by atoms with Crippen molar-refractivity contribution in [2.24, 2.45) is 5.10 Å². The van der Waals surface area contributed by atoms with E-state index < -0.39 is 0 Å². The topological polar surface area (TPSA) is 73.8 Å². The fourth-order valence-electron chi connectivity index (χ4n) is 1.70. The molecule has 1 aliphatic rings. The van der Waals surface area contributed by atoms with E-state index in [0.717, 1.165) is 5.69 Å². The minimum Gasteiger partial charge on any atom is -0.378 e. The quantitative estimate of drug-likeness (QED) is 0.850. The number of carbonyl (C=O) groups excluding carboxylic acids is 2. The molecule has 19 heavy (non-hydrogen) atoms. The summed E-state index contributed by atoms with van der Waals surface area (Å²) in [6.45, 7) is 0. The van der Waals surface area contributed by atoms with Gasteiger partial charge in [0.25, 0.3) is 5.91 Å². The number of rotatable bonds is 3. The highest BCUT2D eigenvalue weighted by molar-refractivity contribution is 6.43. The summed E-state index contributed by atoms with van der Waals surface area (Å²) in [6.07, 6.45) is 0.662. The second-order valence-corrected chi connectivity index (χ2v) is 4.49. The molecular weight excluding hydrogens is 244 g/mol. The molecule has 0 radical (unpaired) electrons. The van der Waals surface area contributed by atoms with Gasteiger partial charge in [-0.2, -0.15) is 5.10 Å². The number of hydrazone groups is 1. The van der Waals surface area contributed by atoms with Crippen molar-refractivity contribution in [3.63, 3.8) is 0 Å². The molecule has 1 aromatic carbocycles. The largest absolute Gasteiger partial charge is 0.378 e. The fraction of sp³-hybridized carbons (Fsp3) is 0.308. The molecule has 0 aliphatic carbocycles. The first-order chi connectivity index (χ1) is 9.06. The lowest BCUT2D eigenvalue weighted by atomic mass is 10.1. The number of benzene rings is 1. The number of nitrogens with zero attached hydrogens (tertiary/aromatic N) is 2. The Balaban J connectivity index is 2.07. The van der Waals surface area contributed by atoms with Crippen molar-refractivity contribution >= 4 is 28.9 Å². The van der Waals surface area contributed by atoms with Crippen LogP contribution in [0, 0.1) is 0 Å². The van der Waals surface area contributed by atoms with Gasteiger partial charge in [-0.3, -0.25) is 9.59 Å². The normalized spacial score (nSPS) is 14.4. The van der Waals surface area contributed by atoms with E-state index in [0.29, 0.717) is 24.2 Å². The lowest BCUT2D eigenvalue weighted by Gasteiger charge is -2.15. The Morgan fingerprint density at radius 2 is 2.16 bits per heavy atom. The van der Waals surface area contributed by atoms with Crippen LogP contribution < -0.4 is 15.6 Å². The molecule has 2 N–H and O–H groups in total. The van der Waals surface area contributed by atoms with E-state index in [9.17, 15) is 9.59 Å². The summed E-state index contributed by atoms with van der Waals surface area (Å²) in [6, 6.07) is 7.51. The van der Waals surface area contributed by atoms with Gasteiger partial charge in [0.05, 0.1) is 0 Å². The minimum absolute atomic E-state index is 0.161. The van der Waals surface area contributed by atoms with Crippen LogP contribution in [-0.2, 0) is 9.59 Å². The smallest absolute Gasteiger partial charge is 0.271 e. The molecule has 2 amide bonds. The minimum atomic E-state index is -0.282. The van der Waals surface area contributed by atoms with E-state index in [4.69, 9.17) is 0 Å². The molecule has 0 aromatic heterocycles. The Bertz CT molecular complexity index is 537. The zero-order chi connectivity index (χ0) is 13.8. The highest BCUT2D eigenvalue weighted by atomic mass is 16.2. The van der Waals surface area contributed by atoms with Crippen molar-refractivity contribution in [2.45, 2.75) is 12.8 Å². The lowest BCUT2D eigenvalue weighted by Crippen LogP contribution is -2.32. The molecule has 0 bridgehead atoms. The molecule has 1 aromatic rings. The maximum absolute atomic E-state index is 11.9. The second kappa shape index (κ2) is 5.51. The average molecular weight is 260 g/mol. The van der Waals surface area contributed by atoms with Gasteiger partial charge in [-0.1, -0.05) is 6.07 Å². The van der Waals surface area contributed by atoms with Gasteiger partial charge >= 0.3 is 0 Å². The monoisotopic (exact) mass is 260 g/mol. The predicted octanol–water partition coefficient (Wildman–Crippen LogP) is 0.957. The molecule has 0 saturated carbocycles. The highest BCUT2D eigenvalue weighted by Gasteiger charge is 2.18. The van der Waals surface area contributed by atoms with Crippen molar-refractivity contribution < 1.29 is 9.59 Å². The molecule has 1 aliphatic heterocycles. The van der Waals surface area contributed by atoms with E-state index >= 15 is 0 Å². The third kappa shape index (κ3) is 3.31. The van der Waals surface area contributed by atoms with Crippen LogP contribution in [0.25, 0.3) is 0 Å². The predicted molar refractivity (Wildman–Crippen MR) is 74.2 cm³/mol. The summed E-state index contributed by atoms with van der Waals surface area (Å²) in [4.78, 5) is 24.9. The molecule has 6 nitrogen and oxygen atoms in total. The molecule has 2 rings (SSSR count). The van der Waals surface area contributed by atoms with E-state index in [1.54, 1.807) is 0 Å². The number of hydrogen-bond acceptors (Lipinski definition) is 4. The van der Waals surface area contributed by atoms with Gasteiger partial charge in [0, 0.05) is 38.3 Å². The Kier molecular flexibility index (Phi) is 3.79. The Morgan fingerprint density at radius 3 is 2.79 bits per heavy atom. The summed E-state index contributed by atoms with van der Waals surface area (Å²) in [7, 11) is 3.86. The highest BCUT2D eigenvalue weighted by Crippen LogP contribution is 2.17. The van der Waals surface area contributed by atoms with E-state index in [1.807, 2.05) is 43.3 Å². The van der Waals surface area contributed by atoms with E-state index in [-0.39, 0.29) is 11.8 Å².